The first-order valence-electron chi connectivity index (χ1n) is 14.3. The van der Waals surface area contributed by atoms with Crippen LogP contribution in [0, 0.1) is 0 Å². The molecule has 216 valence electrons. The quantitative estimate of drug-likeness (QED) is 0.114. The van der Waals surface area contributed by atoms with Gasteiger partial charge in [0.2, 0.25) is 0 Å². The van der Waals surface area contributed by atoms with Gasteiger partial charge in [-0.2, -0.15) is 8.42 Å². The lowest BCUT2D eigenvalue weighted by Gasteiger charge is -2.34. The Hall–Kier alpha value is -4.96. The number of para-hydroxylation sites is 1. The lowest BCUT2D eigenvalue weighted by molar-refractivity contribution is 0.598. The monoisotopic (exact) mass is 610 g/mol. The van der Waals surface area contributed by atoms with Crippen molar-refractivity contribution in [3.8, 4) is 0 Å². The molecule has 0 heterocycles. The third-order valence-electron chi connectivity index (χ3n) is 7.33. The van der Waals surface area contributed by atoms with Crippen LogP contribution in [0.2, 0.25) is 0 Å². The van der Waals surface area contributed by atoms with E-state index in [0.717, 1.165) is 32.5 Å². The van der Waals surface area contributed by atoms with Crippen LogP contribution in [0.3, 0.4) is 0 Å². The maximum atomic E-state index is 14.1. The molecule has 0 unspecified atom stereocenters. The Labute approximate surface area is 259 Å². The van der Waals surface area contributed by atoms with Crippen LogP contribution in [-0.2, 0) is 10.0 Å². The number of sulfonamides is 1. The first-order valence-corrected chi connectivity index (χ1v) is 17.5. The predicted molar refractivity (Wildman–Crippen MR) is 187 cm³/mol. The van der Waals surface area contributed by atoms with E-state index in [1.807, 2.05) is 115 Å². The maximum absolute atomic E-state index is 14.1. The molecule has 6 heteroatoms. The smallest absolute Gasteiger partial charge is 0.284 e. The van der Waals surface area contributed by atoms with Gasteiger partial charge in [-0.05, 0) is 52.6 Å². The van der Waals surface area contributed by atoms with Crippen LogP contribution in [0.1, 0.15) is 5.56 Å². The topological polar surface area (TPSA) is 58.5 Å². The largest absolute Gasteiger partial charge is 0.339 e. The van der Waals surface area contributed by atoms with Gasteiger partial charge in [-0.25, -0.2) is 0 Å². The summed E-state index contributed by atoms with van der Waals surface area (Å²) in [4.78, 5) is 0.128. The lowest BCUT2D eigenvalue weighted by Crippen LogP contribution is -2.37. The molecule has 1 N–H and O–H groups in total. The van der Waals surface area contributed by atoms with E-state index in [0.29, 0.717) is 0 Å². The number of hydrogen-bond acceptors (Lipinski definition) is 2. The zero-order chi connectivity index (χ0) is 30.2. The molecule has 0 aliphatic heterocycles. The van der Waals surface area contributed by atoms with Gasteiger partial charge in [-0.1, -0.05) is 158 Å². The van der Waals surface area contributed by atoms with E-state index < -0.39 is 16.9 Å². The van der Waals surface area contributed by atoms with Gasteiger partial charge in [0.25, 0.3) is 10.0 Å². The van der Waals surface area contributed by atoms with Crippen molar-refractivity contribution in [3.63, 3.8) is 0 Å². The summed E-state index contributed by atoms with van der Waals surface area (Å²) in [5.41, 5.74) is 1.61. The molecule has 0 saturated carbocycles. The summed E-state index contributed by atoms with van der Waals surface area (Å²) in [5.74, 6) is 0.274. The molecule has 0 aliphatic rings. The summed E-state index contributed by atoms with van der Waals surface area (Å²) < 4.78 is 32.8. The van der Waals surface area contributed by atoms with Crippen LogP contribution < -0.4 is 21.2 Å². The summed E-state index contributed by atoms with van der Waals surface area (Å²) >= 11 is 0. The highest BCUT2D eigenvalue weighted by atomic mass is 32.2. The predicted octanol–water partition coefficient (Wildman–Crippen LogP) is 7.10. The van der Waals surface area contributed by atoms with E-state index in [1.54, 1.807) is 30.3 Å². The molecular formula is C38H31N2O2PS. The number of nitrogens with zero attached hydrogens (tertiary/aromatic N) is 1. The van der Waals surface area contributed by atoms with Crippen LogP contribution in [-0.4, -0.2) is 19.5 Å². The summed E-state index contributed by atoms with van der Waals surface area (Å²) in [6.07, 6.45) is 0. The number of benzene rings is 6. The SMILES string of the molecule is O=S(=O)(/N=C(\Nc1ccccc1)C(c1ccccc1)=P(c1ccccc1)(c1ccccc1)c1ccccc1)c1ccccc1. The Morgan fingerprint density at radius 2 is 0.841 bits per heavy atom. The molecule has 0 fully saturated rings. The van der Waals surface area contributed by atoms with Crippen LogP contribution in [0.25, 0.3) is 0 Å². The van der Waals surface area contributed by atoms with E-state index in [2.05, 4.69) is 46.1 Å². The van der Waals surface area contributed by atoms with Crippen molar-refractivity contribution in [2.45, 2.75) is 4.90 Å². The first-order chi connectivity index (χ1) is 21.6. The van der Waals surface area contributed by atoms with Crippen LogP contribution in [0.4, 0.5) is 5.69 Å². The Kier molecular flexibility index (Phi) is 8.69. The minimum Gasteiger partial charge on any atom is -0.339 e. The number of nitrogens with one attached hydrogen (secondary N) is 1. The molecule has 6 rings (SSSR count). The molecule has 0 radical (unpaired) electrons. The molecule has 4 nitrogen and oxygen atoms in total. The van der Waals surface area contributed by atoms with Gasteiger partial charge in [-0.3, -0.25) is 0 Å². The zero-order valence-electron chi connectivity index (χ0n) is 23.9. The van der Waals surface area contributed by atoms with Gasteiger partial charge in [0, 0.05) is 11.0 Å². The second-order valence-corrected chi connectivity index (χ2v) is 15.1. The molecule has 0 bridgehead atoms. The highest BCUT2D eigenvalue weighted by Crippen LogP contribution is 2.48. The van der Waals surface area contributed by atoms with E-state index in [9.17, 15) is 8.42 Å². The fraction of sp³-hybridized carbons (Fsp3) is 0. The Morgan fingerprint density at radius 3 is 1.27 bits per heavy atom. The molecule has 44 heavy (non-hydrogen) atoms. The Bertz CT molecular complexity index is 1910. The lowest BCUT2D eigenvalue weighted by atomic mass is 10.1. The Morgan fingerprint density at radius 1 is 0.477 bits per heavy atom. The van der Waals surface area contributed by atoms with Crippen molar-refractivity contribution in [1.29, 1.82) is 0 Å². The third-order valence-corrected chi connectivity index (χ3v) is 13.0. The van der Waals surface area contributed by atoms with Crippen LogP contribution >= 0.6 is 6.89 Å². The van der Waals surface area contributed by atoms with E-state index >= 15 is 0 Å². The molecular weight excluding hydrogens is 579 g/mol. The molecule has 0 atom stereocenters. The maximum Gasteiger partial charge on any atom is 0.284 e. The molecule has 0 saturated heterocycles. The van der Waals surface area contributed by atoms with E-state index in [1.165, 1.54) is 0 Å². The van der Waals surface area contributed by atoms with Gasteiger partial charge < -0.3 is 5.32 Å². The second-order valence-electron chi connectivity index (χ2n) is 10.1. The number of hydrogen-bond donors (Lipinski definition) is 1. The molecule has 6 aromatic rings. The normalized spacial score (nSPS) is 12.0. The zero-order valence-corrected chi connectivity index (χ0v) is 25.7. The van der Waals surface area contributed by atoms with Gasteiger partial charge >= 0.3 is 0 Å². The minimum absolute atomic E-state index is 0.128. The minimum atomic E-state index is -4.12. The summed E-state index contributed by atoms with van der Waals surface area (Å²) in [7, 11) is -4.12. The highest BCUT2D eigenvalue weighted by Gasteiger charge is 2.34. The van der Waals surface area contributed by atoms with Gasteiger partial charge in [-0.15, -0.1) is 4.40 Å². The third kappa shape index (κ3) is 5.93. The van der Waals surface area contributed by atoms with Gasteiger partial charge in [0.15, 0.2) is 5.84 Å². The van der Waals surface area contributed by atoms with Gasteiger partial charge in [0.1, 0.15) is 0 Å². The molecule has 6 aromatic carbocycles. The first kappa shape index (κ1) is 29.1. The van der Waals surface area contributed by atoms with Crippen molar-refractivity contribution in [1.82, 2.24) is 0 Å². The average Bonchev–Trinajstić information content (AvgIpc) is 3.09. The van der Waals surface area contributed by atoms with Crippen molar-refractivity contribution in [2.75, 3.05) is 5.32 Å². The fourth-order valence-corrected chi connectivity index (χ4v) is 11.0. The Balaban J connectivity index is 1.86. The summed E-state index contributed by atoms with van der Waals surface area (Å²) in [6, 6.07) is 59.1. The van der Waals surface area contributed by atoms with Crippen LogP contribution in [0.5, 0.6) is 0 Å². The van der Waals surface area contributed by atoms with E-state index in [4.69, 9.17) is 0 Å². The number of anilines is 1. The molecule has 0 aliphatic carbocycles. The average molecular weight is 611 g/mol. The summed E-state index contributed by atoms with van der Waals surface area (Å²) in [5, 5.41) is 7.53. The van der Waals surface area contributed by atoms with Gasteiger partial charge in [0.05, 0.1) is 4.90 Å². The highest BCUT2D eigenvalue weighted by molar-refractivity contribution is 7.97. The molecule has 0 aromatic heterocycles. The summed E-state index contributed by atoms with van der Waals surface area (Å²) in [6.45, 7) is -2.80. The van der Waals surface area contributed by atoms with Crippen molar-refractivity contribution in [3.05, 3.63) is 188 Å². The van der Waals surface area contributed by atoms with Crippen molar-refractivity contribution >= 4 is 49.6 Å². The second kappa shape index (κ2) is 13.1. The molecule has 0 amide bonds. The van der Waals surface area contributed by atoms with Crippen LogP contribution in [0.15, 0.2) is 191 Å². The standard InChI is InChI=1S/C38H31N2O2PS/c41-44(42,36-29-17-6-18-30-36)40-38(39-32-21-9-2-10-22-32)37(31-19-7-1-8-20-31)43(33-23-11-3-12-24-33,34-25-13-4-14-26-34)35-27-15-5-16-28-35/h1-30H,(H,39,40). The molecule has 0 spiro atoms. The number of amidine groups is 1. The van der Waals surface area contributed by atoms with Crippen molar-refractivity contribution in [2.24, 2.45) is 4.40 Å². The fourth-order valence-electron chi connectivity index (χ4n) is 5.42. The van der Waals surface area contributed by atoms with E-state index in [-0.39, 0.29) is 10.7 Å². The number of rotatable bonds is 8. The van der Waals surface area contributed by atoms with Crippen molar-refractivity contribution < 1.29 is 8.42 Å².